The quantitative estimate of drug-likeness (QED) is 0.0221. The van der Waals surface area contributed by atoms with Crippen LogP contribution < -0.4 is 42.4 Å². The summed E-state index contributed by atoms with van der Waals surface area (Å²) in [6.45, 7) is 7.28. The van der Waals surface area contributed by atoms with Crippen molar-refractivity contribution in [3.8, 4) is 11.5 Å². The molecule has 2 heterocycles. The highest BCUT2D eigenvalue weighted by Gasteiger charge is 2.29. The molecular formula is C62H90F2N14O14. The monoisotopic (exact) mass is 1290 g/mol. The zero-order valence-corrected chi connectivity index (χ0v) is 52.3. The summed E-state index contributed by atoms with van der Waals surface area (Å²) >= 11 is 0. The number of amides is 7. The van der Waals surface area contributed by atoms with Gasteiger partial charge in [0.1, 0.15) is 29.2 Å². The number of rotatable bonds is 34. The number of nitrogens with one attached hydrogen (secondary N) is 6. The number of aliphatic imine (C=N–C) groups is 1. The Bertz CT molecular complexity index is 2850. The van der Waals surface area contributed by atoms with Gasteiger partial charge in [-0.3, -0.25) is 62.9 Å². The van der Waals surface area contributed by atoms with Gasteiger partial charge < -0.3 is 67.7 Å². The maximum Gasteiger partial charge on any atom is 0.344 e. The molecule has 3 aromatic carbocycles. The number of phenolic OH excluding ortho intramolecular Hbond substituents is 1. The van der Waals surface area contributed by atoms with Crippen molar-refractivity contribution in [2.75, 3.05) is 144 Å². The molecule has 30 heteroatoms. The predicted molar refractivity (Wildman–Crippen MR) is 335 cm³/mol. The van der Waals surface area contributed by atoms with Gasteiger partial charge in [0, 0.05) is 148 Å². The molecule has 0 radical (unpaired) electrons. The Balaban J connectivity index is 1.04. The number of guanidine groups is 1. The van der Waals surface area contributed by atoms with Crippen LogP contribution in [0, 0.1) is 11.6 Å². The largest absolute Gasteiger partial charge is 0.508 e. The number of nitrogens with zero attached hydrogens (tertiary/aromatic N) is 7. The summed E-state index contributed by atoms with van der Waals surface area (Å²) in [5, 5.41) is 54.2. The number of carbonyl (C=O) groups excluding carboxylic acids is 6. The van der Waals surface area contributed by atoms with Crippen molar-refractivity contribution < 1.29 is 77.1 Å². The molecule has 2 aliphatic rings. The second kappa shape index (κ2) is 40.3. The molecule has 92 heavy (non-hydrogen) atoms. The van der Waals surface area contributed by atoms with Crippen molar-refractivity contribution in [3.05, 3.63) is 95.1 Å². The number of benzene rings is 3. The Morgan fingerprint density at radius 3 is 1.66 bits per heavy atom. The van der Waals surface area contributed by atoms with E-state index < -0.39 is 77.2 Å². The maximum absolute atomic E-state index is 14.7. The first-order valence-electron chi connectivity index (χ1n) is 31.1. The summed E-state index contributed by atoms with van der Waals surface area (Å²) < 4.78 is 35.4. The Morgan fingerprint density at radius 2 is 1.10 bits per heavy atom. The number of ether oxygens (including phenoxy) is 1. The molecule has 12 N–H and O–H groups in total. The van der Waals surface area contributed by atoms with Gasteiger partial charge in [0.25, 0.3) is 0 Å². The van der Waals surface area contributed by atoms with Crippen LogP contribution in [-0.4, -0.2) is 259 Å². The summed E-state index contributed by atoms with van der Waals surface area (Å²) in [5.74, 6) is -8.10. The van der Waals surface area contributed by atoms with Crippen LogP contribution in [-0.2, 0) is 44.9 Å². The summed E-state index contributed by atoms with van der Waals surface area (Å²) in [6, 6.07) is 15.3. The zero-order chi connectivity index (χ0) is 66.8. The van der Waals surface area contributed by atoms with Crippen molar-refractivity contribution >= 4 is 59.4 Å². The van der Waals surface area contributed by atoms with E-state index in [1.54, 1.807) is 76.2 Å². The van der Waals surface area contributed by atoms with E-state index in [4.69, 9.17) is 10.5 Å². The summed E-state index contributed by atoms with van der Waals surface area (Å²) in [4.78, 5) is 128. The minimum Gasteiger partial charge on any atom is -0.508 e. The lowest BCUT2D eigenvalue weighted by atomic mass is 9.90. The average Bonchev–Trinajstić information content (AvgIpc) is 1.04. The number of aromatic hydroxyl groups is 1. The van der Waals surface area contributed by atoms with Gasteiger partial charge >= 0.3 is 23.9 Å². The van der Waals surface area contributed by atoms with Gasteiger partial charge in [-0.25, -0.2) is 13.6 Å². The van der Waals surface area contributed by atoms with Gasteiger partial charge in [-0.15, -0.1) is 0 Å². The SMILES string of the molecule is CCC(=O)NCCNC(=O)/N=C(/N)NCCC[C@@H](NC(=O)[C@@H](c1ccccc1)c1ccc(OCCCN2CCN(C(=O)CCCCCNC(=O)CN3CCN(CC(=O)O)CCN(CC(=O)O)CCN(CC(=O)O)CC3)CC2)cc1)C(=O)NCc1c(F)cc(O)cc1F. The number of hydrogen-bond donors (Lipinski definition) is 11. The van der Waals surface area contributed by atoms with E-state index >= 15 is 0 Å². The molecule has 0 aliphatic carbocycles. The van der Waals surface area contributed by atoms with E-state index in [2.05, 4.69) is 41.8 Å². The van der Waals surface area contributed by atoms with E-state index in [0.717, 1.165) is 13.0 Å². The minimum absolute atomic E-state index is 0.00651. The fourth-order valence-corrected chi connectivity index (χ4v) is 10.4. The molecule has 2 saturated heterocycles. The van der Waals surface area contributed by atoms with Crippen molar-refractivity contribution in [3.63, 3.8) is 0 Å². The number of nitrogens with two attached hydrogens (primary N) is 1. The summed E-state index contributed by atoms with van der Waals surface area (Å²) in [5.41, 5.74) is 6.60. The van der Waals surface area contributed by atoms with Gasteiger partial charge in [0.2, 0.25) is 29.5 Å². The van der Waals surface area contributed by atoms with E-state index in [9.17, 15) is 72.4 Å². The Labute approximate surface area is 534 Å². The van der Waals surface area contributed by atoms with Crippen LogP contribution in [0.1, 0.15) is 80.9 Å². The van der Waals surface area contributed by atoms with Crippen molar-refractivity contribution in [1.29, 1.82) is 0 Å². The van der Waals surface area contributed by atoms with Crippen molar-refractivity contribution in [1.82, 2.24) is 61.3 Å². The number of unbranched alkanes of at least 4 members (excludes halogenated alkanes) is 2. The predicted octanol–water partition coefficient (Wildman–Crippen LogP) is 0.589. The highest BCUT2D eigenvalue weighted by atomic mass is 19.1. The molecule has 0 aromatic heterocycles. The first kappa shape index (κ1) is 74.2. The number of urea groups is 1. The van der Waals surface area contributed by atoms with Crippen LogP contribution >= 0.6 is 0 Å². The molecule has 3 aromatic rings. The van der Waals surface area contributed by atoms with Gasteiger partial charge in [-0.1, -0.05) is 55.8 Å². The summed E-state index contributed by atoms with van der Waals surface area (Å²) in [7, 11) is 0. The Kier molecular flexibility index (Phi) is 32.5. The van der Waals surface area contributed by atoms with Gasteiger partial charge in [0.05, 0.1) is 38.7 Å². The third-order valence-electron chi connectivity index (χ3n) is 15.4. The number of hydrogen-bond acceptors (Lipinski definition) is 16. The highest BCUT2D eigenvalue weighted by Crippen LogP contribution is 2.28. The number of aliphatic carboxylic acids is 3. The number of phenols is 1. The van der Waals surface area contributed by atoms with E-state index in [1.165, 1.54) is 0 Å². The molecule has 7 amide bonds. The normalized spacial score (nSPS) is 15.8. The van der Waals surface area contributed by atoms with E-state index in [1.807, 2.05) is 9.80 Å². The van der Waals surface area contributed by atoms with E-state index in [-0.39, 0.29) is 109 Å². The van der Waals surface area contributed by atoms with Crippen LogP contribution in [0.4, 0.5) is 13.6 Å². The smallest absolute Gasteiger partial charge is 0.344 e. The van der Waals surface area contributed by atoms with Gasteiger partial charge in [0.15, 0.2) is 5.96 Å². The second-order valence-corrected chi connectivity index (χ2v) is 22.5. The molecule has 2 aliphatic heterocycles. The molecule has 0 saturated carbocycles. The molecular weight excluding hydrogens is 1200 g/mol. The van der Waals surface area contributed by atoms with Gasteiger partial charge in [-0.2, -0.15) is 4.99 Å². The molecule has 506 valence electrons. The zero-order valence-electron chi connectivity index (χ0n) is 52.3. The average molecular weight is 1290 g/mol. The first-order valence-corrected chi connectivity index (χ1v) is 31.1. The second-order valence-electron chi connectivity index (χ2n) is 22.5. The molecule has 5 rings (SSSR count). The minimum atomic E-state index is -1.23. The maximum atomic E-state index is 14.7. The number of piperazine rings is 1. The van der Waals surface area contributed by atoms with Crippen molar-refractivity contribution in [2.24, 2.45) is 10.7 Å². The molecule has 28 nitrogen and oxygen atoms in total. The van der Waals surface area contributed by atoms with Crippen LogP contribution in [0.5, 0.6) is 11.5 Å². The van der Waals surface area contributed by atoms with Crippen LogP contribution in [0.3, 0.4) is 0 Å². The molecule has 0 unspecified atom stereocenters. The molecule has 0 spiro atoms. The van der Waals surface area contributed by atoms with Gasteiger partial charge in [-0.05, 0) is 55.4 Å². The Morgan fingerprint density at radius 1 is 0.576 bits per heavy atom. The molecule has 0 bridgehead atoms. The number of carboxylic acid groups (broad SMARTS) is 3. The van der Waals surface area contributed by atoms with Crippen LogP contribution in [0.25, 0.3) is 0 Å². The number of carboxylic acids is 3. The van der Waals surface area contributed by atoms with E-state index in [0.29, 0.717) is 127 Å². The standard InChI is InChI=1S/C62H90F2N14O14/c1-2-52(80)67-21-22-69-62(91)72-61(65)68-20-9-13-51(59(89)70-39-48-49(63)37-46(79)38-50(48)64)71-60(90)58(44-11-5-3-6-12-44)45-15-17-47(18-16-45)92-36-10-23-73-32-34-78(35-33-73)54(82)14-7-4-8-19-66-53(81)40-74-24-26-75(41-55(83)84)28-30-77(43-57(87)88)31-29-76(27-25-74)42-56(85)86/h3,5-6,11-12,15-18,37-38,51,58,79H,2,4,7-10,13-14,19-36,39-43H2,1H3,(H,66,81)(H,67,80)(H,70,89)(H,71,90)(H,83,84)(H,85,86)(H,87,88)(H4,65,68,69,72,91)/t51-,58+/m1/s1. The summed E-state index contributed by atoms with van der Waals surface area (Å²) in [6.07, 6.45) is 3.62. The van der Waals surface area contributed by atoms with Crippen molar-refractivity contribution in [2.45, 2.75) is 76.8 Å². The highest BCUT2D eigenvalue weighted by molar-refractivity contribution is 5.93. The number of carbonyl (C=O) groups is 9. The molecule has 2 atom stereocenters. The Hall–Kier alpha value is -8.58. The fourth-order valence-electron chi connectivity index (χ4n) is 10.4. The topological polar surface area (TPSA) is 374 Å². The molecule has 2 fully saturated rings. The van der Waals surface area contributed by atoms with Crippen LogP contribution in [0.2, 0.25) is 0 Å². The lowest BCUT2D eigenvalue weighted by molar-refractivity contribution is -0.140. The number of halogens is 2. The fraction of sp³-hybridized carbons (Fsp3) is 0.548. The first-order chi connectivity index (χ1) is 44.1. The lowest BCUT2D eigenvalue weighted by Gasteiger charge is -2.34. The lowest BCUT2D eigenvalue weighted by Crippen LogP contribution is -2.49. The van der Waals surface area contributed by atoms with Crippen LogP contribution in [0.15, 0.2) is 71.7 Å². The third-order valence-corrected chi connectivity index (χ3v) is 15.4. The third kappa shape index (κ3) is 28.3.